The van der Waals surface area contributed by atoms with Crippen LogP contribution in [-0.2, 0) is 10.8 Å². The maximum absolute atomic E-state index is 10.4. The zero-order valence-corrected chi connectivity index (χ0v) is 45.3. The molecule has 81 heavy (non-hydrogen) atoms. The summed E-state index contributed by atoms with van der Waals surface area (Å²) in [5.74, 6) is 1.54. The van der Waals surface area contributed by atoms with E-state index in [0.29, 0.717) is 39.3 Å². The van der Waals surface area contributed by atoms with Crippen LogP contribution in [0.2, 0.25) is 0 Å². The number of ether oxygens (including phenoxy) is 1. The molecule has 0 amide bonds. The Bertz CT molecular complexity index is 5390. The van der Waals surface area contributed by atoms with E-state index in [9.17, 15) is 9.60 Å². The average Bonchev–Trinajstić information content (AvgIpc) is 1.06. The minimum atomic E-state index is -2.80. The number of para-hydroxylation sites is 2. The standard InChI is InChI=1S/C76H64N4O/c1-50-21-17-22-51(2)73(50)55-35-38-69-71(45-55)78(61-29-19-30-62(47-61)81-63-36-37-67-66-31-15-16-34-68(66)80(70(67)48-63)72-46-60(39-40-77-72)76(6,7)8)49-79(69)74-64(54-27-18-28-59(44-54)75(3,4)5)32-20-33-65(74)58-42-56(52-23-11-9-12-24-52)41-57(43-58)53-25-13-10-14-26-53/h9-48H,1-8H3/i1D3,2D3,9D,10D,11D,12D,13D,14D,23D,24D,25D,26D,41D,42D,43D. The second kappa shape index (κ2) is 20.3. The van der Waals surface area contributed by atoms with E-state index in [0.717, 1.165) is 38.8 Å². The highest BCUT2D eigenvalue weighted by molar-refractivity contribution is 6.09. The number of rotatable bonds is 10. The van der Waals surface area contributed by atoms with Crippen LogP contribution in [0.3, 0.4) is 0 Å². The topological polar surface area (TPSA) is 35.9 Å². The molecule has 5 heteroatoms. The number of aryl methyl sites for hydroxylation is 2. The molecule has 3 aromatic heterocycles. The van der Waals surface area contributed by atoms with Crippen molar-refractivity contribution in [2.24, 2.45) is 0 Å². The number of hydrogen-bond acceptors (Lipinski definition) is 2. The van der Waals surface area contributed by atoms with E-state index in [2.05, 4.69) is 43.8 Å². The molecule has 394 valence electrons. The summed E-state index contributed by atoms with van der Waals surface area (Å²) >= 11 is 0. The van der Waals surface area contributed by atoms with Gasteiger partial charge in [-0.05, 0) is 175 Å². The fourth-order valence-corrected chi connectivity index (χ4v) is 10.6. The van der Waals surface area contributed by atoms with Gasteiger partial charge in [0.1, 0.15) is 17.3 Å². The zero-order valence-electron chi connectivity index (χ0n) is 64.3. The number of hydrogen-bond donors (Lipinski definition) is 0. The molecule has 0 radical (unpaired) electrons. The first-order chi connectivity index (χ1) is 47.1. The maximum Gasteiger partial charge on any atom is 0.269 e. The van der Waals surface area contributed by atoms with E-state index in [1.54, 1.807) is 69.8 Å². The summed E-state index contributed by atoms with van der Waals surface area (Å²) in [7, 11) is 0. The summed E-state index contributed by atoms with van der Waals surface area (Å²) in [5.41, 5.74) is 2.41. The van der Waals surface area contributed by atoms with Crippen molar-refractivity contribution in [2.45, 2.75) is 66.1 Å². The van der Waals surface area contributed by atoms with E-state index in [1.165, 1.54) is 18.2 Å². The highest BCUT2D eigenvalue weighted by atomic mass is 16.5. The van der Waals surface area contributed by atoms with Gasteiger partial charge in [-0.1, -0.05) is 199 Å². The van der Waals surface area contributed by atoms with Crippen LogP contribution in [-0.4, -0.2) is 14.1 Å². The minimum Gasteiger partial charge on any atom is -0.458 e. The molecular formula is C76H64N4O. The van der Waals surface area contributed by atoms with E-state index >= 15 is 0 Å². The van der Waals surface area contributed by atoms with Gasteiger partial charge in [-0.2, -0.15) is 0 Å². The Labute approximate surface area is 502 Å². The number of nitrogens with zero attached hydrogens (tertiary/aromatic N) is 4. The molecule has 10 aromatic carbocycles. The van der Waals surface area contributed by atoms with Gasteiger partial charge in [-0.25, -0.2) is 4.98 Å². The fraction of sp³-hybridized carbons (Fsp3) is 0.132. The van der Waals surface area contributed by atoms with E-state index in [-0.39, 0.29) is 44.5 Å². The molecule has 5 nitrogen and oxygen atoms in total. The summed E-state index contributed by atoms with van der Waals surface area (Å²) in [6.07, 6.45) is 5.38. The van der Waals surface area contributed by atoms with Crippen molar-refractivity contribution >= 4 is 32.8 Å². The monoisotopic (exact) mass is 1070 g/mol. The third-order valence-corrected chi connectivity index (χ3v) is 14.6. The largest absolute Gasteiger partial charge is 0.458 e. The Morgan fingerprint density at radius 3 is 1.84 bits per heavy atom. The molecule has 0 atom stereocenters. The lowest BCUT2D eigenvalue weighted by Crippen LogP contribution is -2.31. The molecule has 13 aromatic rings. The SMILES string of the molecule is [2H]c1c([2H])c([2H])c(-c2c([2H])c(-c3cccc(-c4cccc(C(C)(C)C)c4)c3-[n+]3[c-]n(-c4cccc(Oc5ccc6c7ccccc7n(-c7cc(C(C)(C)C)ccn7)c6c5)c4)c4cc(-c5c(C([2H])([2H])[2H])cccc5C([2H])([2H])[2H])ccc43)c([2H])c(-c3c([2H])c([2H])c([2H])c([2H])c3[2H])c2[2H])c([2H])c1[2H]. The quantitative estimate of drug-likeness (QED) is 0.101. The van der Waals surface area contributed by atoms with Crippen LogP contribution in [0.15, 0.2) is 242 Å². The molecule has 0 bridgehead atoms. The molecule has 0 fully saturated rings. The zero-order chi connectivity index (χ0) is 71.9. The molecule has 0 aliphatic rings. The van der Waals surface area contributed by atoms with Gasteiger partial charge in [0.2, 0.25) is 0 Å². The summed E-state index contributed by atoms with van der Waals surface area (Å²) in [5, 5.41) is 1.97. The Hall–Kier alpha value is -9.58. The van der Waals surface area contributed by atoms with Crippen LogP contribution in [0.4, 0.5) is 0 Å². The predicted octanol–water partition coefficient (Wildman–Crippen LogP) is 19.5. The molecule has 0 N–H and O–H groups in total. The summed E-state index contributed by atoms with van der Waals surface area (Å²) in [6, 6.07) is 36.6. The Kier molecular flexibility index (Phi) is 8.45. The molecule has 0 spiro atoms. The van der Waals surface area contributed by atoms with Crippen molar-refractivity contribution in [3.63, 3.8) is 0 Å². The van der Waals surface area contributed by atoms with Gasteiger partial charge < -0.3 is 4.74 Å². The summed E-state index contributed by atoms with van der Waals surface area (Å²) in [4.78, 5) is 4.86. The highest BCUT2D eigenvalue weighted by Gasteiger charge is 2.24. The van der Waals surface area contributed by atoms with Crippen LogP contribution in [0.25, 0.3) is 106 Å². The molecule has 0 saturated carbocycles. The van der Waals surface area contributed by atoms with Crippen LogP contribution in [0, 0.1) is 20.0 Å². The first-order valence-corrected chi connectivity index (χ1v) is 26.5. The van der Waals surface area contributed by atoms with Crippen LogP contribution < -0.4 is 9.30 Å². The lowest BCUT2D eigenvalue weighted by molar-refractivity contribution is -0.571. The predicted molar refractivity (Wildman–Crippen MR) is 336 cm³/mol. The maximum atomic E-state index is 10.4. The highest BCUT2D eigenvalue weighted by Crippen LogP contribution is 2.42. The molecule has 0 saturated heterocycles. The Morgan fingerprint density at radius 1 is 0.494 bits per heavy atom. The first-order valence-electron chi connectivity index (χ1n) is 36.0. The van der Waals surface area contributed by atoms with E-state index < -0.39 is 120 Å². The van der Waals surface area contributed by atoms with Gasteiger partial charge in [0.15, 0.2) is 0 Å². The Balaban J connectivity index is 1.13. The van der Waals surface area contributed by atoms with Gasteiger partial charge in [0, 0.05) is 31.3 Å². The number of aromatic nitrogens is 4. The van der Waals surface area contributed by atoms with E-state index in [4.69, 9.17) is 26.2 Å². The number of fused-ring (bicyclic) bond motifs is 4. The van der Waals surface area contributed by atoms with Crippen molar-refractivity contribution < 1.29 is 35.3 Å². The smallest absolute Gasteiger partial charge is 0.269 e. The van der Waals surface area contributed by atoms with Crippen LogP contribution in [0.1, 0.15) is 89.8 Å². The summed E-state index contributed by atoms with van der Waals surface area (Å²) in [6.45, 7) is 6.96. The normalized spacial score (nSPS) is 15.6. The molecular weight excluding hydrogens is 985 g/mol. The molecule has 0 aliphatic heterocycles. The van der Waals surface area contributed by atoms with Gasteiger partial charge in [0.25, 0.3) is 6.33 Å². The van der Waals surface area contributed by atoms with Crippen molar-refractivity contribution in [1.82, 2.24) is 14.1 Å². The van der Waals surface area contributed by atoms with Crippen molar-refractivity contribution in [3.05, 3.63) is 271 Å². The summed E-state index contributed by atoms with van der Waals surface area (Å²) < 4.78 is 185. The fourth-order valence-electron chi connectivity index (χ4n) is 10.6. The molecule has 13 rings (SSSR count). The second-order valence-electron chi connectivity index (χ2n) is 22.0. The molecule has 0 unspecified atom stereocenters. The first kappa shape index (κ1) is 33.8. The third-order valence-electron chi connectivity index (χ3n) is 14.6. The number of benzene rings is 10. The lowest BCUT2D eigenvalue weighted by atomic mass is 9.84. The van der Waals surface area contributed by atoms with Gasteiger partial charge >= 0.3 is 0 Å². The van der Waals surface area contributed by atoms with Gasteiger partial charge in [-0.15, -0.1) is 0 Å². The Morgan fingerprint density at radius 2 is 1.12 bits per heavy atom. The molecule has 0 aliphatic carbocycles. The van der Waals surface area contributed by atoms with Crippen molar-refractivity contribution in [2.75, 3.05) is 0 Å². The van der Waals surface area contributed by atoms with E-state index in [1.807, 2.05) is 93.7 Å². The van der Waals surface area contributed by atoms with Crippen molar-refractivity contribution in [1.29, 1.82) is 0 Å². The average molecular weight is 1070 g/mol. The van der Waals surface area contributed by atoms with Gasteiger partial charge in [0.05, 0.1) is 51.3 Å². The molecule has 3 heterocycles. The van der Waals surface area contributed by atoms with Crippen LogP contribution in [0.5, 0.6) is 11.5 Å². The lowest BCUT2D eigenvalue weighted by Gasteiger charge is -2.22. The number of imidazole rings is 1. The van der Waals surface area contributed by atoms with Gasteiger partial charge in [-0.3, -0.25) is 13.7 Å². The minimum absolute atomic E-state index is 0.0305. The third kappa shape index (κ3) is 9.59. The second-order valence-corrected chi connectivity index (χ2v) is 22.0. The van der Waals surface area contributed by atoms with Crippen molar-refractivity contribution in [3.8, 4) is 84.3 Å². The number of pyridine rings is 1. The van der Waals surface area contributed by atoms with Crippen LogP contribution >= 0.6 is 0 Å².